The van der Waals surface area contributed by atoms with Crippen LogP contribution in [-0.2, 0) is 10.0 Å². The number of aromatic nitrogens is 1. The van der Waals surface area contributed by atoms with E-state index in [1.54, 1.807) is 6.92 Å². The number of primary sulfonamides is 1. The quantitative estimate of drug-likeness (QED) is 0.895. The molecule has 9 heteroatoms. The maximum atomic E-state index is 13.7. The predicted molar refractivity (Wildman–Crippen MR) is 72.6 cm³/mol. The number of rotatable bonds is 3. The Kier molecular flexibility index (Phi) is 3.84. The maximum Gasteiger partial charge on any atom is 0.267 e. The second kappa shape index (κ2) is 5.27. The van der Waals surface area contributed by atoms with Crippen LogP contribution in [0, 0.1) is 12.7 Å². The zero-order chi connectivity index (χ0) is 14.9. The van der Waals surface area contributed by atoms with Gasteiger partial charge < -0.3 is 5.32 Å². The van der Waals surface area contributed by atoms with Gasteiger partial charge in [-0.1, -0.05) is 0 Å². The summed E-state index contributed by atoms with van der Waals surface area (Å²) in [4.78, 5) is 15.8. The molecule has 2 rings (SSSR count). The lowest BCUT2D eigenvalue weighted by molar-refractivity contribution is 0.102. The normalized spacial score (nSPS) is 11.3. The average molecular weight is 315 g/mol. The van der Waals surface area contributed by atoms with Gasteiger partial charge in [0.2, 0.25) is 10.0 Å². The molecule has 3 N–H and O–H groups in total. The summed E-state index contributed by atoms with van der Waals surface area (Å²) in [6.45, 7) is 1.66. The van der Waals surface area contributed by atoms with E-state index in [1.165, 1.54) is 5.51 Å². The van der Waals surface area contributed by atoms with Gasteiger partial charge in [0.1, 0.15) is 10.7 Å². The number of carbonyl (C=O) groups is 1. The van der Waals surface area contributed by atoms with Crippen molar-refractivity contribution in [3.8, 4) is 0 Å². The van der Waals surface area contributed by atoms with Gasteiger partial charge in [0.15, 0.2) is 0 Å². The minimum absolute atomic E-state index is 0.129. The summed E-state index contributed by atoms with van der Waals surface area (Å²) in [6.07, 6.45) is 0. The number of nitrogens with one attached hydrogen (secondary N) is 1. The Morgan fingerprint density at radius 3 is 2.65 bits per heavy atom. The number of nitrogens with zero attached hydrogens (tertiary/aromatic N) is 1. The number of sulfonamides is 1. The Bertz CT molecular complexity index is 771. The van der Waals surface area contributed by atoms with Crippen molar-refractivity contribution in [2.75, 3.05) is 5.32 Å². The Labute approximate surface area is 118 Å². The van der Waals surface area contributed by atoms with Gasteiger partial charge in [-0.05, 0) is 25.1 Å². The molecule has 1 aromatic carbocycles. The number of carbonyl (C=O) groups excluding carboxylic acids is 1. The molecular formula is C11H10FN3O3S2. The van der Waals surface area contributed by atoms with E-state index in [0.29, 0.717) is 10.6 Å². The van der Waals surface area contributed by atoms with Crippen LogP contribution in [0.4, 0.5) is 10.1 Å². The number of benzene rings is 1. The molecule has 0 aliphatic carbocycles. The predicted octanol–water partition coefficient (Wildman–Crippen LogP) is 1.49. The molecule has 1 amide bonds. The lowest BCUT2D eigenvalue weighted by Crippen LogP contribution is -2.15. The first-order valence-electron chi connectivity index (χ1n) is 5.33. The zero-order valence-electron chi connectivity index (χ0n) is 10.3. The molecule has 0 spiro atoms. The second-order valence-electron chi connectivity index (χ2n) is 3.91. The maximum absolute atomic E-state index is 13.7. The van der Waals surface area contributed by atoms with E-state index in [9.17, 15) is 17.6 Å². The summed E-state index contributed by atoms with van der Waals surface area (Å²) in [5.41, 5.74) is 1.91. The van der Waals surface area contributed by atoms with Crippen LogP contribution in [0.2, 0.25) is 0 Å². The minimum Gasteiger partial charge on any atom is -0.319 e. The molecule has 1 heterocycles. The highest BCUT2D eigenvalue weighted by molar-refractivity contribution is 7.89. The molecule has 0 fully saturated rings. The van der Waals surface area contributed by atoms with E-state index in [1.807, 2.05) is 0 Å². The summed E-state index contributed by atoms with van der Waals surface area (Å²) in [5.74, 6) is -1.39. The van der Waals surface area contributed by atoms with Gasteiger partial charge in [0, 0.05) is 0 Å². The fourth-order valence-corrected chi connectivity index (χ4v) is 2.70. The number of anilines is 1. The average Bonchev–Trinajstić information content (AvgIpc) is 2.76. The topological polar surface area (TPSA) is 102 Å². The Morgan fingerprint density at radius 1 is 1.45 bits per heavy atom. The third-order valence-corrected chi connectivity index (χ3v) is 4.31. The Hall–Kier alpha value is -1.84. The molecule has 0 saturated carbocycles. The van der Waals surface area contributed by atoms with Crippen molar-refractivity contribution in [1.29, 1.82) is 0 Å². The van der Waals surface area contributed by atoms with E-state index < -0.39 is 21.7 Å². The first kappa shape index (κ1) is 14.6. The summed E-state index contributed by atoms with van der Waals surface area (Å²) >= 11 is 1.13. The Morgan fingerprint density at radius 2 is 2.15 bits per heavy atom. The number of hydrogen-bond acceptors (Lipinski definition) is 5. The van der Waals surface area contributed by atoms with Gasteiger partial charge >= 0.3 is 0 Å². The molecule has 6 nitrogen and oxygen atoms in total. The first-order valence-corrected chi connectivity index (χ1v) is 7.75. The van der Waals surface area contributed by atoms with Crippen LogP contribution >= 0.6 is 11.3 Å². The smallest absolute Gasteiger partial charge is 0.267 e. The molecule has 0 saturated heterocycles. The van der Waals surface area contributed by atoms with Gasteiger partial charge in [-0.3, -0.25) is 4.79 Å². The molecule has 106 valence electrons. The van der Waals surface area contributed by atoms with Crippen molar-refractivity contribution in [1.82, 2.24) is 4.98 Å². The van der Waals surface area contributed by atoms with E-state index >= 15 is 0 Å². The van der Waals surface area contributed by atoms with E-state index in [4.69, 9.17) is 5.14 Å². The van der Waals surface area contributed by atoms with Crippen molar-refractivity contribution < 1.29 is 17.6 Å². The molecule has 0 unspecified atom stereocenters. The van der Waals surface area contributed by atoms with Crippen LogP contribution in [0.5, 0.6) is 0 Å². The summed E-state index contributed by atoms with van der Waals surface area (Å²) in [6, 6.07) is 3.02. The van der Waals surface area contributed by atoms with Gasteiger partial charge in [-0.25, -0.2) is 22.9 Å². The van der Waals surface area contributed by atoms with Crippen molar-refractivity contribution in [3.63, 3.8) is 0 Å². The highest BCUT2D eigenvalue weighted by Gasteiger charge is 2.16. The Balaban J connectivity index is 2.27. The molecule has 0 radical (unpaired) electrons. The largest absolute Gasteiger partial charge is 0.319 e. The molecule has 0 atom stereocenters. The molecule has 20 heavy (non-hydrogen) atoms. The number of amides is 1. The molecule has 2 aromatic rings. The summed E-state index contributed by atoms with van der Waals surface area (Å²) in [7, 11) is -3.98. The van der Waals surface area contributed by atoms with Gasteiger partial charge in [0.05, 0.1) is 21.8 Å². The monoisotopic (exact) mass is 315 g/mol. The molecule has 1 aromatic heterocycles. The van der Waals surface area contributed by atoms with Gasteiger partial charge in [0.25, 0.3) is 5.91 Å². The highest BCUT2D eigenvalue weighted by Crippen LogP contribution is 2.20. The van der Waals surface area contributed by atoms with Crippen LogP contribution in [0.25, 0.3) is 0 Å². The third kappa shape index (κ3) is 3.00. The van der Waals surface area contributed by atoms with Crippen LogP contribution < -0.4 is 10.5 Å². The number of aryl methyl sites for hydroxylation is 1. The van der Waals surface area contributed by atoms with E-state index in [0.717, 1.165) is 29.5 Å². The zero-order valence-corrected chi connectivity index (χ0v) is 11.9. The first-order chi connectivity index (χ1) is 9.29. The van der Waals surface area contributed by atoms with Crippen molar-refractivity contribution in [2.45, 2.75) is 11.8 Å². The summed E-state index contributed by atoms with van der Waals surface area (Å²) in [5, 5.41) is 7.24. The minimum atomic E-state index is -3.98. The molecule has 0 bridgehead atoms. The highest BCUT2D eigenvalue weighted by atomic mass is 32.2. The SMILES string of the molecule is Cc1ncsc1C(=O)Nc1ccc(S(N)(=O)=O)cc1F. The van der Waals surface area contributed by atoms with Crippen LogP contribution in [-0.4, -0.2) is 19.3 Å². The van der Waals surface area contributed by atoms with Crippen molar-refractivity contribution >= 4 is 33.0 Å². The number of halogens is 1. The van der Waals surface area contributed by atoms with E-state index in [2.05, 4.69) is 10.3 Å². The molecule has 0 aliphatic rings. The fraction of sp³-hybridized carbons (Fsp3) is 0.0909. The van der Waals surface area contributed by atoms with Crippen LogP contribution in [0.1, 0.15) is 15.4 Å². The summed E-state index contributed by atoms with van der Waals surface area (Å²) < 4.78 is 35.9. The number of thiazole rings is 1. The lowest BCUT2D eigenvalue weighted by atomic mass is 10.3. The molecular weight excluding hydrogens is 305 g/mol. The van der Waals surface area contributed by atoms with Gasteiger partial charge in [-0.2, -0.15) is 0 Å². The third-order valence-electron chi connectivity index (χ3n) is 2.47. The number of hydrogen-bond donors (Lipinski definition) is 2. The van der Waals surface area contributed by atoms with Crippen LogP contribution in [0.15, 0.2) is 28.6 Å². The number of nitrogens with two attached hydrogens (primary N) is 1. The van der Waals surface area contributed by atoms with Crippen molar-refractivity contribution in [2.24, 2.45) is 5.14 Å². The lowest BCUT2D eigenvalue weighted by Gasteiger charge is -2.06. The second-order valence-corrected chi connectivity index (χ2v) is 6.32. The van der Waals surface area contributed by atoms with E-state index in [-0.39, 0.29) is 10.6 Å². The van der Waals surface area contributed by atoms with Crippen LogP contribution in [0.3, 0.4) is 0 Å². The fourth-order valence-electron chi connectivity index (χ4n) is 1.47. The molecule has 0 aliphatic heterocycles. The van der Waals surface area contributed by atoms with Gasteiger partial charge in [-0.15, -0.1) is 11.3 Å². The van der Waals surface area contributed by atoms with Crippen molar-refractivity contribution in [3.05, 3.63) is 40.1 Å². The standard InChI is InChI=1S/C11H10FN3O3S2/c1-6-10(19-5-14-6)11(16)15-9-3-2-7(4-8(9)12)20(13,17)18/h2-5H,1H3,(H,15,16)(H2,13,17,18).